The van der Waals surface area contributed by atoms with Gasteiger partial charge in [-0.2, -0.15) is 11.3 Å². The third-order valence-electron chi connectivity index (χ3n) is 4.16. The summed E-state index contributed by atoms with van der Waals surface area (Å²) in [5.74, 6) is 0.464. The molecule has 1 aliphatic heterocycles. The Morgan fingerprint density at radius 3 is 2.68 bits per heavy atom. The van der Waals surface area contributed by atoms with Crippen LogP contribution in [0, 0.1) is 0 Å². The van der Waals surface area contributed by atoms with Crippen molar-refractivity contribution in [3.63, 3.8) is 0 Å². The van der Waals surface area contributed by atoms with E-state index in [4.69, 9.17) is 4.74 Å². The minimum atomic E-state index is -0.327. The number of piperazine rings is 1. The summed E-state index contributed by atoms with van der Waals surface area (Å²) in [6.45, 7) is 2.51. The van der Waals surface area contributed by atoms with Crippen LogP contribution >= 0.6 is 11.3 Å². The maximum absolute atomic E-state index is 12.2. The van der Waals surface area contributed by atoms with E-state index in [1.165, 1.54) is 0 Å². The van der Waals surface area contributed by atoms with E-state index in [-0.39, 0.29) is 18.5 Å². The van der Waals surface area contributed by atoms with Crippen molar-refractivity contribution in [3.05, 3.63) is 46.8 Å². The predicted octanol–water partition coefficient (Wildman–Crippen LogP) is 1.97. The minimum absolute atomic E-state index is 0.135. The Hall–Kier alpha value is -2.41. The van der Waals surface area contributed by atoms with Gasteiger partial charge in [-0.05, 0) is 40.9 Å². The topological polar surface area (TPSA) is 62.7 Å². The zero-order valence-corrected chi connectivity index (χ0v) is 14.8. The van der Waals surface area contributed by atoms with E-state index in [9.17, 15) is 9.59 Å². The molecule has 1 saturated heterocycles. The van der Waals surface area contributed by atoms with Gasteiger partial charge >= 0.3 is 5.97 Å². The Bertz CT molecular complexity index is 683. The largest absolute Gasteiger partial charge is 0.456 e. The quantitative estimate of drug-likeness (QED) is 0.738. The molecule has 3 rings (SSSR count). The normalized spacial score (nSPS) is 14.4. The lowest BCUT2D eigenvalue weighted by atomic mass is 10.2. The Labute approximate surface area is 151 Å². The molecule has 3 heterocycles. The molecular weight excluding hydrogens is 338 g/mol. The number of pyridine rings is 1. The van der Waals surface area contributed by atoms with Gasteiger partial charge in [0, 0.05) is 38.8 Å². The van der Waals surface area contributed by atoms with E-state index >= 15 is 0 Å². The fourth-order valence-electron chi connectivity index (χ4n) is 2.71. The molecule has 25 heavy (non-hydrogen) atoms. The molecule has 1 aliphatic rings. The molecule has 0 aliphatic carbocycles. The van der Waals surface area contributed by atoms with Crippen molar-refractivity contribution >= 4 is 29.0 Å². The van der Waals surface area contributed by atoms with Crippen molar-refractivity contribution < 1.29 is 14.3 Å². The highest BCUT2D eigenvalue weighted by Gasteiger charge is 2.22. The van der Waals surface area contributed by atoms with Gasteiger partial charge in [0.05, 0.1) is 0 Å². The van der Waals surface area contributed by atoms with Gasteiger partial charge < -0.3 is 14.5 Å². The lowest BCUT2D eigenvalue weighted by molar-refractivity contribution is -0.152. The first kappa shape index (κ1) is 17.4. The van der Waals surface area contributed by atoms with Crippen LogP contribution in [-0.2, 0) is 20.7 Å². The molecule has 0 N–H and O–H groups in total. The Morgan fingerprint density at radius 1 is 1.16 bits per heavy atom. The second kappa shape index (κ2) is 8.62. The molecule has 1 amide bonds. The highest BCUT2D eigenvalue weighted by atomic mass is 32.1. The summed E-state index contributed by atoms with van der Waals surface area (Å²) >= 11 is 1.61. The number of hydrogen-bond donors (Lipinski definition) is 0. The number of esters is 1. The first-order chi connectivity index (χ1) is 12.2. The van der Waals surface area contributed by atoms with Gasteiger partial charge in [-0.15, -0.1) is 0 Å². The number of amides is 1. The van der Waals surface area contributed by atoms with Crippen molar-refractivity contribution in [2.45, 2.75) is 12.8 Å². The average molecular weight is 359 g/mol. The van der Waals surface area contributed by atoms with Crippen LogP contribution in [0.1, 0.15) is 12.0 Å². The average Bonchev–Trinajstić information content (AvgIpc) is 3.19. The molecule has 0 atom stereocenters. The molecule has 1 fully saturated rings. The van der Waals surface area contributed by atoms with E-state index < -0.39 is 0 Å². The maximum Gasteiger partial charge on any atom is 0.306 e. The van der Waals surface area contributed by atoms with E-state index in [2.05, 4.69) is 9.88 Å². The number of carbonyl (C=O) groups excluding carboxylic acids is 2. The molecule has 0 aromatic carbocycles. The van der Waals surface area contributed by atoms with Crippen molar-refractivity contribution in [1.29, 1.82) is 0 Å². The molecule has 7 heteroatoms. The summed E-state index contributed by atoms with van der Waals surface area (Å²) in [5, 5.41) is 3.99. The monoisotopic (exact) mass is 359 g/mol. The molecule has 0 spiro atoms. The summed E-state index contributed by atoms with van der Waals surface area (Å²) in [5.41, 5.74) is 1.12. The van der Waals surface area contributed by atoms with Crippen LogP contribution in [0.3, 0.4) is 0 Å². The number of carbonyl (C=O) groups is 2. The number of anilines is 1. The van der Waals surface area contributed by atoms with Crippen molar-refractivity contribution in [1.82, 2.24) is 9.88 Å². The number of aryl methyl sites for hydroxylation is 1. The number of thiophene rings is 1. The predicted molar refractivity (Wildman–Crippen MR) is 96.6 cm³/mol. The summed E-state index contributed by atoms with van der Waals surface area (Å²) < 4.78 is 5.11. The molecule has 2 aromatic rings. The van der Waals surface area contributed by atoms with Gasteiger partial charge in [0.25, 0.3) is 5.91 Å². The van der Waals surface area contributed by atoms with Crippen LogP contribution in [0.25, 0.3) is 0 Å². The number of rotatable bonds is 6. The molecule has 132 valence electrons. The molecule has 2 aromatic heterocycles. The molecular formula is C18H21N3O3S. The summed E-state index contributed by atoms with van der Waals surface area (Å²) in [6, 6.07) is 7.79. The second-order valence-electron chi connectivity index (χ2n) is 5.85. The van der Waals surface area contributed by atoms with E-state index in [0.717, 1.165) is 24.5 Å². The van der Waals surface area contributed by atoms with Crippen LogP contribution in [0.5, 0.6) is 0 Å². The molecule has 0 radical (unpaired) electrons. The Kier molecular flexibility index (Phi) is 6.00. The SMILES string of the molecule is O=C(CCc1ccsc1)OCC(=O)N1CCN(c2ccccn2)CC1. The lowest BCUT2D eigenvalue weighted by Gasteiger charge is -2.35. The zero-order chi connectivity index (χ0) is 17.5. The van der Waals surface area contributed by atoms with Gasteiger partial charge in [0.2, 0.25) is 0 Å². The number of hydrogen-bond acceptors (Lipinski definition) is 6. The minimum Gasteiger partial charge on any atom is -0.456 e. The zero-order valence-electron chi connectivity index (χ0n) is 14.0. The highest BCUT2D eigenvalue weighted by Crippen LogP contribution is 2.13. The van der Waals surface area contributed by atoms with Crippen molar-refractivity contribution in [3.8, 4) is 0 Å². The third kappa shape index (κ3) is 5.03. The van der Waals surface area contributed by atoms with Crippen LogP contribution in [-0.4, -0.2) is 54.5 Å². The Balaban J connectivity index is 1.37. The molecule has 0 saturated carbocycles. The van der Waals surface area contributed by atoms with Gasteiger partial charge in [0.1, 0.15) is 5.82 Å². The van der Waals surface area contributed by atoms with E-state index in [1.54, 1.807) is 22.4 Å². The number of ether oxygens (including phenoxy) is 1. The number of nitrogens with zero attached hydrogens (tertiary/aromatic N) is 3. The standard InChI is InChI=1S/C18H21N3O3S/c22-17(13-24-18(23)5-4-15-6-12-25-14-15)21-10-8-20(9-11-21)16-3-1-2-7-19-16/h1-3,6-7,12,14H,4-5,8-11,13H2. The fourth-order valence-corrected chi connectivity index (χ4v) is 3.42. The lowest BCUT2D eigenvalue weighted by Crippen LogP contribution is -2.50. The van der Waals surface area contributed by atoms with Crippen molar-refractivity contribution in [2.75, 3.05) is 37.7 Å². The summed E-state index contributed by atoms with van der Waals surface area (Å²) in [6.07, 6.45) is 2.72. The smallest absolute Gasteiger partial charge is 0.306 e. The van der Waals surface area contributed by atoms with Gasteiger partial charge in [-0.3, -0.25) is 9.59 Å². The summed E-state index contributed by atoms with van der Waals surface area (Å²) in [7, 11) is 0. The Morgan fingerprint density at radius 2 is 2.00 bits per heavy atom. The van der Waals surface area contributed by atoms with E-state index in [0.29, 0.717) is 25.9 Å². The van der Waals surface area contributed by atoms with Gasteiger partial charge in [-0.1, -0.05) is 6.07 Å². The third-order valence-corrected chi connectivity index (χ3v) is 4.89. The first-order valence-corrected chi connectivity index (χ1v) is 9.27. The van der Waals surface area contributed by atoms with Gasteiger partial charge in [-0.25, -0.2) is 4.98 Å². The fraction of sp³-hybridized carbons (Fsp3) is 0.389. The van der Waals surface area contributed by atoms with Crippen LogP contribution < -0.4 is 4.90 Å². The van der Waals surface area contributed by atoms with Gasteiger partial charge in [0.15, 0.2) is 6.61 Å². The number of aromatic nitrogens is 1. The maximum atomic E-state index is 12.2. The highest BCUT2D eigenvalue weighted by molar-refractivity contribution is 7.07. The van der Waals surface area contributed by atoms with Crippen molar-refractivity contribution in [2.24, 2.45) is 0 Å². The summed E-state index contributed by atoms with van der Waals surface area (Å²) in [4.78, 5) is 32.2. The molecule has 0 unspecified atom stereocenters. The first-order valence-electron chi connectivity index (χ1n) is 8.33. The van der Waals surface area contributed by atoms with Crippen LogP contribution in [0.2, 0.25) is 0 Å². The molecule has 0 bridgehead atoms. The van der Waals surface area contributed by atoms with Crippen LogP contribution in [0.4, 0.5) is 5.82 Å². The second-order valence-corrected chi connectivity index (χ2v) is 6.63. The van der Waals surface area contributed by atoms with Crippen LogP contribution in [0.15, 0.2) is 41.2 Å². The van der Waals surface area contributed by atoms with E-state index in [1.807, 2.05) is 35.0 Å². The molecule has 6 nitrogen and oxygen atoms in total.